The van der Waals surface area contributed by atoms with Crippen LogP contribution in [0.2, 0.25) is 0 Å². The van der Waals surface area contributed by atoms with Gasteiger partial charge in [0, 0.05) is 12.1 Å². The van der Waals surface area contributed by atoms with Crippen molar-refractivity contribution in [3.05, 3.63) is 21.5 Å². The van der Waals surface area contributed by atoms with E-state index >= 15 is 0 Å². The van der Waals surface area contributed by atoms with Crippen LogP contribution in [0.1, 0.15) is 19.3 Å². The first kappa shape index (κ1) is 11.3. The molecular formula is C12H12FIN2O. The zero-order valence-corrected chi connectivity index (χ0v) is 11.3. The van der Waals surface area contributed by atoms with Gasteiger partial charge in [-0.2, -0.15) is 0 Å². The number of carbonyl (C=O) groups is 1. The topological polar surface area (TPSA) is 41.1 Å². The van der Waals surface area contributed by atoms with Gasteiger partial charge in [0.1, 0.15) is 5.82 Å². The fourth-order valence-corrected chi connectivity index (χ4v) is 3.11. The van der Waals surface area contributed by atoms with Crippen LogP contribution in [-0.2, 0) is 4.79 Å². The van der Waals surface area contributed by atoms with Gasteiger partial charge in [-0.25, -0.2) is 4.39 Å². The van der Waals surface area contributed by atoms with Crippen LogP contribution in [0.5, 0.6) is 0 Å². The first-order valence-electron chi connectivity index (χ1n) is 5.71. The maximum absolute atomic E-state index is 13.5. The molecule has 17 heavy (non-hydrogen) atoms. The highest BCUT2D eigenvalue weighted by Gasteiger charge is 2.35. The van der Waals surface area contributed by atoms with Crippen LogP contribution >= 0.6 is 22.6 Å². The minimum Gasteiger partial charge on any atom is -0.380 e. The van der Waals surface area contributed by atoms with Crippen LogP contribution in [0.3, 0.4) is 0 Å². The molecule has 1 saturated carbocycles. The van der Waals surface area contributed by atoms with E-state index < -0.39 is 0 Å². The van der Waals surface area contributed by atoms with Crippen LogP contribution in [0.25, 0.3) is 0 Å². The van der Waals surface area contributed by atoms with Gasteiger partial charge in [-0.15, -0.1) is 0 Å². The molecular weight excluding hydrogens is 334 g/mol. The summed E-state index contributed by atoms with van der Waals surface area (Å²) < 4.78 is 14.0. The lowest BCUT2D eigenvalue weighted by molar-refractivity contribution is -0.119. The molecule has 0 bridgehead atoms. The third-order valence-corrected chi connectivity index (χ3v) is 4.34. The Labute approximate surface area is 112 Å². The van der Waals surface area contributed by atoms with Crippen molar-refractivity contribution < 1.29 is 9.18 Å². The molecule has 2 atom stereocenters. The van der Waals surface area contributed by atoms with E-state index in [9.17, 15) is 9.18 Å². The Kier molecular flexibility index (Phi) is 2.72. The molecule has 3 nitrogen and oxygen atoms in total. The SMILES string of the molecule is O=C1Nc2cc(I)c(F)cc2NC2CCCC12. The van der Waals surface area contributed by atoms with Crippen molar-refractivity contribution >= 4 is 39.9 Å². The Morgan fingerprint density at radius 1 is 1.29 bits per heavy atom. The van der Waals surface area contributed by atoms with Gasteiger partial charge in [-0.1, -0.05) is 6.42 Å². The molecule has 1 aromatic carbocycles. The maximum Gasteiger partial charge on any atom is 0.229 e. The molecule has 0 spiro atoms. The highest BCUT2D eigenvalue weighted by molar-refractivity contribution is 14.1. The van der Waals surface area contributed by atoms with Gasteiger partial charge in [0.2, 0.25) is 5.91 Å². The van der Waals surface area contributed by atoms with E-state index in [0.29, 0.717) is 14.9 Å². The van der Waals surface area contributed by atoms with Crippen molar-refractivity contribution in [2.45, 2.75) is 25.3 Å². The minimum atomic E-state index is -0.248. The van der Waals surface area contributed by atoms with Gasteiger partial charge in [0.15, 0.2) is 0 Å². The number of amides is 1. The molecule has 1 amide bonds. The van der Waals surface area contributed by atoms with Crippen LogP contribution < -0.4 is 10.6 Å². The minimum absolute atomic E-state index is 0.0168. The second-order valence-corrected chi connectivity index (χ2v) is 5.75. The van der Waals surface area contributed by atoms with Crippen molar-refractivity contribution in [3.63, 3.8) is 0 Å². The van der Waals surface area contributed by atoms with Gasteiger partial charge < -0.3 is 10.6 Å². The first-order chi connectivity index (χ1) is 8.15. The molecule has 1 heterocycles. The van der Waals surface area contributed by atoms with Crippen molar-refractivity contribution in [3.8, 4) is 0 Å². The van der Waals surface area contributed by atoms with E-state index in [1.165, 1.54) is 6.07 Å². The van der Waals surface area contributed by atoms with E-state index in [-0.39, 0.29) is 23.7 Å². The summed E-state index contributed by atoms with van der Waals surface area (Å²) in [6.45, 7) is 0. The molecule has 0 saturated heterocycles. The van der Waals surface area contributed by atoms with Gasteiger partial charge >= 0.3 is 0 Å². The Balaban J connectivity index is 2.04. The van der Waals surface area contributed by atoms with Crippen LogP contribution in [0.15, 0.2) is 12.1 Å². The van der Waals surface area contributed by atoms with Crippen LogP contribution in [-0.4, -0.2) is 11.9 Å². The van der Waals surface area contributed by atoms with E-state index in [2.05, 4.69) is 10.6 Å². The van der Waals surface area contributed by atoms with Crippen molar-refractivity contribution in [2.24, 2.45) is 5.92 Å². The summed E-state index contributed by atoms with van der Waals surface area (Å²) in [6, 6.07) is 3.30. The molecule has 1 fully saturated rings. The molecule has 1 aliphatic carbocycles. The first-order valence-corrected chi connectivity index (χ1v) is 6.79. The van der Waals surface area contributed by atoms with E-state index in [4.69, 9.17) is 0 Å². The van der Waals surface area contributed by atoms with Crippen molar-refractivity contribution in [1.82, 2.24) is 0 Å². The Morgan fingerprint density at radius 3 is 2.94 bits per heavy atom. The van der Waals surface area contributed by atoms with Crippen molar-refractivity contribution in [1.29, 1.82) is 0 Å². The number of fused-ring (bicyclic) bond motifs is 2. The molecule has 0 radical (unpaired) electrons. The fourth-order valence-electron chi connectivity index (χ4n) is 2.64. The monoisotopic (exact) mass is 346 g/mol. The smallest absolute Gasteiger partial charge is 0.229 e. The summed E-state index contributed by atoms with van der Waals surface area (Å²) in [5, 5.41) is 6.18. The maximum atomic E-state index is 13.5. The number of anilines is 2. The lowest BCUT2D eigenvalue weighted by Gasteiger charge is -2.16. The molecule has 1 aromatic rings. The van der Waals surface area contributed by atoms with E-state index in [1.807, 2.05) is 22.6 Å². The third kappa shape index (κ3) is 1.90. The second kappa shape index (κ2) is 4.12. The average Bonchev–Trinajstić information content (AvgIpc) is 2.69. The molecule has 5 heteroatoms. The van der Waals surface area contributed by atoms with Gasteiger partial charge in [-0.3, -0.25) is 4.79 Å². The Bertz CT molecular complexity index is 492. The zero-order valence-electron chi connectivity index (χ0n) is 9.09. The number of halogens is 2. The second-order valence-electron chi connectivity index (χ2n) is 4.59. The molecule has 0 aromatic heterocycles. The molecule has 90 valence electrons. The molecule has 2 N–H and O–H groups in total. The molecule has 1 aliphatic heterocycles. The van der Waals surface area contributed by atoms with Gasteiger partial charge in [0.25, 0.3) is 0 Å². The summed E-state index contributed by atoms with van der Waals surface area (Å²) in [4.78, 5) is 12.0. The van der Waals surface area contributed by atoms with E-state index in [0.717, 1.165) is 19.3 Å². The average molecular weight is 346 g/mol. The summed E-state index contributed by atoms with van der Waals surface area (Å²) >= 11 is 1.93. The fraction of sp³-hybridized carbons (Fsp3) is 0.417. The summed E-state index contributed by atoms with van der Waals surface area (Å²) in [7, 11) is 0. The molecule has 3 rings (SSSR count). The summed E-state index contributed by atoms with van der Waals surface area (Å²) in [5.41, 5.74) is 1.39. The number of rotatable bonds is 0. The Morgan fingerprint density at radius 2 is 2.12 bits per heavy atom. The normalized spacial score (nSPS) is 26.6. The highest BCUT2D eigenvalue weighted by Crippen LogP contribution is 2.36. The van der Waals surface area contributed by atoms with E-state index in [1.54, 1.807) is 6.07 Å². The predicted molar refractivity (Wildman–Crippen MR) is 72.5 cm³/mol. The number of nitrogens with one attached hydrogen (secondary N) is 2. The lowest BCUT2D eigenvalue weighted by Crippen LogP contribution is -2.30. The van der Waals surface area contributed by atoms with Crippen LogP contribution in [0, 0.1) is 15.3 Å². The number of benzene rings is 1. The largest absolute Gasteiger partial charge is 0.380 e. The number of hydrogen-bond donors (Lipinski definition) is 2. The van der Waals surface area contributed by atoms with Crippen LogP contribution in [0.4, 0.5) is 15.8 Å². The zero-order chi connectivity index (χ0) is 12.0. The quantitative estimate of drug-likeness (QED) is 0.710. The Hall–Kier alpha value is -0.850. The van der Waals surface area contributed by atoms with Gasteiger partial charge in [-0.05, 0) is 41.5 Å². The molecule has 2 unspecified atom stereocenters. The van der Waals surface area contributed by atoms with Crippen molar-refractivity contribution in [2.75, 3.05) is 10.6 Å². The third-order valence-electron chi connectivity index (χ3n) is 3.51. The standard InChI is InChI=1S/C12H12FIN2O/c13-7-4-10-11(5-8(7)14)16-12(17)6-2-1-3-9(6)15-10/h4-6,9,15H,1-3H2,(H,16,17). The number of carbonyl (C=O) groups excluding carboxylic acids is 1. The predicted octanol–water partition coefficient (Wildman–Crippen LogP) is 2.96. The summed E-state index contributed by atoms with van der Waals surface area (Å²) in [6.07, 6.45) is 2.94. The highest BCUT2D eigenvalue weighted by atomic mass is 127. The molecule has 2 aliphatic rings. The summed E-state index contributed by atoms with van der Waals surface area (Å²) in [5.74, 6) is -0.174. The van der Waals surface area contributed by atoms with Gasteiger partial charge in [0.05, 0.1) is 20.9 Å². The number of hydrogen-bond acceptors (Lipinski definition) is 2. The lowest BCUT2D eigenvalue weighted by atomic mass is 10.0.